The molecule has 3 rings (SSSR count). The molecule has 0 bridgehead atoms. The number of rotatable bonds is 5. The normalized spacial score (nSPS) is 18.0. The lowest BCUT2D eigenvalue weighted by Crippen LogP contribution is -2.38. The monoisotopic (exact) mass is 311 g/mol. The molecular formula is C20H25NO2. The second-order valence-electron chi connectivity index (χ2n) is 6.39. The van der Waals surface area contributed by atoms with Crippen molar-refractivity contribution in [3.8, 4) is 11.1 Å². The number of piperidine rings is 1. The van der Waals surface area contributed by atoms with Crippen LogP contribution in [0.1, 0.15) is 18.4 Å². The Hall–Kier alpha value is -1.68. The van der Waals surface area contributed by atoms with Crippen LogP contribution < -0.4 is 0 Å². The number of hydrogen-bond donors (Lipinski definition) is 2. The van der Waals surface area contributed by atoms with E-state index in [0.717, 1.165) is 32.5 Å². The van der Waals surface area contributed by atoms with Gasteiger partial charge in [-0.15, -0.1) is 0 Å². The molecule has 1 aliphatic rings. The SMILES string of the molecule is OCC(O)C1CCN(Cc2ccccc2-c2ccccc2)CC1. The fourth-order valence-corrected chi connectivity index (χ4v) is 3.44. The highest BCUT2D eigenvalue weighted by Crippen LogP contribution is 2.27. The minimum atomic E-state index is -0.561. The average Bonchev–Trinajstić information content (AvgIpc) is 2.63. The molecular weight excluding hydrogens is 286 g/mol. The number of hydrogen-bond acceptors (Lipinski definition) is 3. The zero-order valence-electron chi connectivity index (χ0n) is 13.4. The van der Waals surface area contributed by atoms with E-state index < -0.39 is 6.10 Å². The Balaban J connectivity index is 1.68. The number of nitrogens with zero attached hydrogens (tertiary/aromatic N) is 1. The molecule has 1 saturated heterocycles. The Morgan fingerprint density at radius 2 is 1.61 bits per heavy atom. The molecule has 1 fully saturated rings. The summed E-state index contributed by atoms with van der Waals surface area (Å²) in [5.41, 5.74) is 3.90. The summed E-state index contributed by atoms with van der Waals surface area (Å²) in [5.74, 6) is 0.237. The van der Waals surface area contributed by atoms with Gasteiger partial charge in [0, 0.05) is 6.54 Å². The van der Waals surface area contributed by atoms with Crippen molar-refractivity contribution in [3.63, 3.8) is 0 Å². The van der Waals surface area contributed by atoms with Crippen molar-refractivity contribution >= 4 is 0 Å². The van der Waals surface area contributed by atoms with Crippen LogP contribution in [0.2, 0.25) is 0 Å². The topological polar surface area (TPSA) is 43.7 Å². The summed E-state index contributed by atoms with van der Waals surface area (Å²) in [6.45, 7) is 2.77. The molecule has 1 aliphatic heterocycles. The maximum atomic E-state index is 9.78. The lowest BCUT2D eigenvalue weighted by molar-refractivity contribution is 0.0172. The third-order valence-electron chi connectivity index (χ3n) is 4.86. The van der Waals surface area contributed by atoms with Crippen LogP contribution in [0.5, 0.6) is 0 Å². The smallest absolute Gasteiger partial charge is 0.0799 e. The van der Waals surface area contributed by atoms with Crippen molar-refractivity contribution in [1.82, 2.24) is 4.90 Å². The summed E-state index contributed by atoms with van der Waals surface area (Å²) in [7, 11) is 0. The van der Waals surface area contributed by atoms with Crippen molar-refractivity contribution in [2.45, 2.75) is 25.5 Å². The van der Waals surface area contributed by atoms with Crippen molar-refractivity contribution in [1.29, 1.82) is 0 Å². The van der Waals surface area contributed by atoms with Crippen molar-refractivity contribution in [2.24, 2.45) is 5.92 Å². The van der Waals surface area contributed by atoms with E-state index in [1.54, 1.807) is 0 Å². The Morgan fingerprint density at radius 1 is 0.957 bits per heavy atom. The first-order valence-corrected chi connectivity index (χ1v) is 8.42. The van der Waals surface area contributed by atoms with E-state index in [1.165, 1.54) is 16.7 Å². The van der Waals surface area contributed by atoms with E-state index >= 15 is 0 Å². The van der Waals surface area contributed by atoms with Crippen molar-refractivity contribution < 1.29 is 10.2 Å². The third-order valence-corrected chi connectivity index (χ3v) is 4.86. The molecule has 3 nitrogen and oxygen atoms in total. The van der Waals surface area contributed by atoms with Crippen molar-refractivity contribution in [3.05, 3.63) is 60.2 Å². The largest absolute Gasteiger partial charge is 0.394 e. The summed E-state index contributed by atoms with van der Waals surface area (Å²) < 4.78 is 0. The van der Waals surface area contributed by atoms with Crippen LogP contribution in [0, 0.1) is 5.92 Å². The lowest BCUT2D eigenvalue weighted by Gasteiger charge is -2.34. The first-order chi connectivity index (χ1) is 11.3. The van der Waals surface area contributed by atoms with E-state index in [4.69, 9.17) is 5.11 Å². The molecule has 0 spiro atoms. The standard InChI is InChI=1S/C20H25NO2/c22-15-20(23)17-10-12-21(13-11-17)14-18-8-4-5-9-19(18)16-6-2-1-3-7-16/h1-9,17,20,22-23H,10-15H2. The van der Waals surface area contributed by atoms with Gasteiger partial charge in [0.15, 0.2) is 0 Å². The minimum Gasteiger partial charge on any atom is -0.394 e. The van der Waals surface area contributed by atoms with Gasteiger partial charge in [-0.1, -0.05) is 54.6 Å². The van der Waals surface area contributed by atoms with Gasteiger partial charge in [0.25, 0.3) is 0 Å². The van der Waals surface area contributed by atoms with Gasteiger partial charge in [0.05, 0.1) is 12.7 Å². The van der Waals surface area contributed by atoms with Crippen LogP contribution in [0.15, 0.2) is 54.6 Å². The molecule has 2 aromatic rings. The zero-order valence-corrected chi connectivity index (χ0v) is 13.4. The molecule has 1 atom stereocenters. The van der Waals surface area contributed by atoms with Gasteiger partial charge in [-0.25, -0.2) is 0 Å². The lowest BCUT2D eigenvalue weighted by atomic mass is 9.91. The van der Waals surface area contributed by atoms with E-state index in [-0.39, 0.29) is 12.5 Å². The Labute approximate surface area is 138 Å². The fourth-order valence-electron chi connectivity index (χ4n) is 3.44. The van der Waals surface area contributed by atoms with Gasteiger partial charge in [0.1, 0.15) is 0 Å². The van der Waals surface area contributed by atoms with Crippen LogP contribution >= 0.6 is 0 Å². The molecule has 2 aromatic carbocycles. The highest BCUT2D eigenvalue weighted by Gasteiger charge is 2.24. The van der Waals surface area contributed by atoms with E-state index in [9.17, 15) is 5.11 Å². The Morgan fingerprint density at radius 3 is 2.30 bits per heavy atom. The summed E-state index contributed by atoms with van der Waals surface area (Å²) in [5, 5.41) is 18.9. The average molecular weight is 311 g/mol. The first kappa shape index (κ1) is 16.2. The van der Waals surface area contributed by atoms with Crippen molar-refractivity contribution in [2.75, 3.05) is 19.7 Å². The maximum absolute atomic E-state index is 9.78. The van der Waals surface area contributed by atoms with Gasteiger partial charge in [-0.05, 0) is 48.5 Å². The second-order valence-corrected chi connectivity index (χ2v) is 6.39. The molecule has 0 amide bonds. The summed E-state index contributed by atoms with van der Waals surface area (Å²) in [6.07, 6.45) is 1.35. The van der Waals surface area contributed by atoms with E-state index in [1.807, 2.05) is 6.07 Å². The molecule has 3 heteroatoms. The van der Waals surface area contributed by atoms with Crippen LogP contribution in [-0.4, -0.2) is 40.9 Å². The molecule has 2 N–H and O–H groups in total. The predicted octanol–water partition coefficient (Wildman–Crippen LogP) is 2.92. The minimum absolute atomic E-state index is 0.124. The fraction of sp³-hybridized carbons (Fsp3) is 0.400. The van der Waals surface area contributed by atoms with Crippen LogP contribution in [0.3, 0.4) is 0 Å². The van der Waals surface area contributed by atoms with Crippen LogP contribution in [-0.2, 0) is 6.54 Å². The zero-order chi connectivity index (χ0) is 16.1. The number of aliphatic hydroxyl groups is 2. The van der Waals surface area contributed by atoms with E-state index in [0.29, 0.717) is 0 Å². The molecule has 23 heavy (non-hydrogen) atoms. The highest BCUT2D eigenvalue weighted by molar-refractivity contribution is 5.67. The molecule has 122 valence electrons. The second kappa shape index (κ2) is 7.73. The molecule has 0 radical (unpaired) electrons. The molecule has 0 saturated carbocycles. The van der Waals surface area contributed by atoms with Crippen LogP contribution in [0.4, 0.5) is 0 Å². The number of benzene rings is 2. The molecule has 0 aliphatic carbocycles. The van der Waals surface area contributed by atoms with Crippen LogP contribution in [0.25, 0.3) is 11.1 Å². The van der Waals surface area contributed by atoms with Gasteiger partial charge in [-0.3, -0.25) is 4.90 Å². The summed E-state index contributed by atoms with van der Waals surface area (Å²) in [6, 6.07) is 19.1. The summed E-state index contributed by atoms with van der Waals surface area (Å²) >= 11 is 0. The Kier molecular flexibility index (Phi) is 5.44. The maximum Gasteiger partial charge on any atom is 0.0799 e. The predicted molar refractivity (Wildman–Crippen MR) is 93.0 cm³/mol. The van der Waals surface area contributed by atoms with Gasteiger partial charge < -0.3 is 10.2 Å². The van der Waals surface area contributed by atoms with E-state index in [2.05, 4.69) is 53.4 Å². The number of likely N-dealkylation sites (tertiary alicyclic amines) is 1. The Bertz CT molecular complexity index is 606. The molecule has 1 heterocycles. The quantitative estimate of drug-likeness (QED) is 0.892. The van der Waals surface area contributed by atoms with Gasteiger partial charge in [0.2, 0.25) is 0 Å². The highest BCUT2D eigenvalue weighted by atomic mass is 16.3. The number of aliphatic hydroxyl groups excluding tert-OH is 2. The third kappa shape index (κ3) is 3.99. The van der Waals surface area contributed by atoms with Gasteiger partial charge in [-0.2, -0.15) is 0 Å². The summed E-state index contributed by atoms with van der Waals surface area (Å²) in [4.78, 5) is 2.45. The van der Waals surface area contributed by atoms with Gasteiger partial charge >= 0.3 is 0 Å². The first-order valence-electron chi connectivity index (χ1n) is 8.42. The molecule has 1 unspecified atom stereocenters. The molecule has 0 aromatic heterocycles.